The van der Waals surface area contributed by atoms with Crippen molar-refractivity contribution in [3.05, 3.63) is 42.5 Å². The van der Waals surface area contributed by atoms with Crippen LogP contribution >= 0.6 is 11.8 Å². The Balaban J connectivity index is 1.78. The van der Waals surface area contributed by atoms with Crippen LogP contribution in [-0.4, -0.2) is 50.4 Å². The first-order valence-electron chi connectivity index (χ1n) is 9.17. The van der Waals surface area contributed by atoms with Gasteiger partial charge in [-0.1, -0.05) is 62.9 Å². The number of urea groups is 1. The van der Waals surface area contributed by atoms with Gasteiger partial charge in [-0.2, -0.15) is 0 Å². The molecule has 2 aromatic rings. The van der Waals surface area contributed by atoms with Gasteiger partial charge in [0.2, 0.25) is 5.91 Å². The molecule has 1 aliphatic heterocycles. The second kappa shape index (κ2) is 8.18. The maximum atomic E-state index is 12.3. The van der Waals surface area contributed by atoms with E-state index >= 15 is 0 Å². The fourth-order valence-corrected chi connectivity index (χ4v) is 3.76. The largest absolute Gasteiger partial charge is 0.336 e. The summed E-state index contributed by atoms with van der Waals surface area (Å²) >= 11 is 1.28. The van der Waals surface area contributed by atoms with Gasteiger partial charge in [0, 0.05) is 25.2 Å². The molecule has 1 aliphatic rings. The summed E-state index contributed by atoms with van der Waals surface area (Å²) in [4.78, 5) is 25.1. The monoisotopic (exact) mass is 399 g/mol. The number of imide groups is 1. The van der Waals surface area contributed by atoms with E-state index < -0.39 is 0 Å². The molecule has 0 saturated carbocycles. The topological polar surface area (TPSA) is 80.1 Å². The van der Waals surface area contributed by atoms with E-state index in [4.69, 9.17) is 0 Å². The molecule has 7 nitrogen and oxygen atoms in total. The molecule has 1 aromatic carbocycles. The van der Waals surface area contributed by atoms with Gasteiger partial charge >= 0.3 is 6.03 Å². The Morgan fingerprint density at radius 3 is 2.57 bits per heavy atom. The molecule has 2 heterocycles. The lowest BCUT2D eigenvalue weighted by Gasteiger charge is -2.19. The zero-order valence-corrected chi connectivity index (χ0v) is 17.3. The van der Waals surface area contributed by atoms with Crippen molar-refractivity contribution in [3.63, 3.8) is 0 Å². The van der Waals surface area contributed by atoms with Crippen LogP contribution in [0.2, 0.25) is 0 Å². The van der Waals surface area contributed by atoms with Crippen LogP contribution in [0, 0.1) is 0 Å². The van der Waals surface area contributed by atoms with Gasteiger partial charge in [-0.05, 0) is 11.0 Å². The molecule has 28 heavy (non-hydrogen) atoms. The number of amides is 3. The lowest BCUT2D eigenvalue weighted by Crippen LogP contribution is -2.35. The predicted molar refractivity (Wildman–Crippen MR) is 110 cm³/mol. The molecular weight excluding hydrogens is 374 g/mol. The van der Waals surface area contributed by atoms with E-state index in [1.54, 1.807) is 6.08 Å². The highest BCUT2D eigenvalue weighted by Crippen LogP contribution is 2.28. The van der Waals surface area contributed by atoms with Crippen LogP contribution in [-0.2, 0) is 16.8 Å². The third-order valence-electron chi connectivity index (χ3n) is 4.52. The standard InChI is InChI=1S/C20H25N5O2S/c1-5-11-25-17(14-6-8-15(9-7-14)20(2,3)4)22-23-19(25)28-13-16(26)24-12-10-21-18(24)27/h5-9H,1,10-13H2,2-4H3,(H,21,27). The molecule has 8 heteroatoms. The van der Waals surface area contributed by atoms with Crippen molar-refractivity contribution < 1.29 is 9.59 Å². The highest BCUT2D eigenvalue weighted by molar-refractivity contribution is 7.99. The van der Waals surface area contributed by atoms with Crippen LogP contribution in [0.4, 0.5) is 4.79 Å². The first kappa shape index (κ1) is 20.1. The maximum Gasteiger partial charge on any atom is 0.324 e. The molecule has 0 radical (unpaired) electrons. The summed E-state index contributed by atoms with van der Waals surface area (Å²) in [5.74, 6) is 0.629. The molecule has 0 atom stereocenters. The number of nitrogens with one attached hydrogen (secondary N) is 1. The number of carbonyl (C=O) groups is 2. The zero-order valence-electron chi connectivity index (χ0n) is 16.4. The van der Waals surface area contributed by atoms with Crippen molar-refractivity contribution >= 4 is 23.7 Å². The van der Waals surface area contributed by atoms with E-state index in [-0.39, 0.29) is 23.1 Å². The molecule has 3 rings (SSSR count). The third kappa shape index (κ3) is 4.27. The van der Waals surface area contributed by atoms with Crippen LogP contribution in [0.3, 0.4) is 0 Å². The van der Waals surface area contributed by atoms with E-state index in [0.717, 1.165) is 11.4 Å². The number of aromatic nitrogens is 3. The zero-order chi connectivity index (χ0) is 20.3. The lowest BCUT2D eigenvalue weighted by atomic mass is 9.87. The maximum absolute atomic E-state index is 12.3. The molecule has 0 spiro atoms. The smallest absolute Gasteiger partial charge is 0.324 e. The van der Waals surface area contributed by atoms with Gasteiger partial charge in [0.05, 0.1) is 5.75 Å². The molecule has 0 aliphatic carbocycles. The van der Waals surface area contributed by atoms with Crippen LogP contribution in [0.25, 0.3) is 11.4 Å². The van der Waals surface area contributed by atoms with Gasteiger partial charge in [-0.15, -0.1) is 16.8 Å². The van der Waals surface area contributed by atoms with Crippen molar-refractivity contribution in [3.8, 4) is 11.4 Å². The summed E-state index contributed by atoms with van der Waals surface area (Å²) in [6.07, 6.45) is 1.77. The molecule has 1 saturated heterocycles. The molecule has 0 bridgehead atoms. The van der Waals surface area contributed by atoms with Crippen LogP contribution in [0.15, 0.2) is 42.1 Å². The Morgan fingerprint density at radius 1 is 1.29 bits per heavy atom. The first-order chi connectivity index (χ1) is 13.3. The quantitative estimate of drug-likeness (QED) is 0.596. The van der Waals surface area contributed by atoms with Gasteiger partial charge in [0.25, 0.3) is 0 Å². The van der Waals surface area contributed by atoms with Crippen molar-refractivity contribution in [2.45, 2.75) is 37.9 Å². The minimum Gasteiger partial charge on any atom is -0.336 e. The number of nitrogens with zero attached hydrogens (tertiary/aromatic N) is 4. The molecule has 1 N–H and O–H groups in total. The summed E-state index contributed by atoms with van der Waals surface area (Å²) in [6, 6.07) is 7.95. The van der Waals surface area contributed by atoms with Gasteiger partial charge in [0.15, 0.2) is 11.0 Å². The van der Waals surface area contributed by atoms with E-state index in [1.807, 2.05) is 16.7 Å². The number of allylic oxidation sites excluding steroid dienone is 1. The lowest BCUT2D eigenvalue weighted by molar-refractivity contribution is -0.124. The number of hydrogen-bond acceptors (Lipinski definition) is 5. The summed E-state index contributed by atoms with van der Waals surface area (Å²) in [6.45, 7) is 11.8. The average molecular weight is 400 g/mol. The van der Waals surface area contributed by atoms with Crippen molar-refractivity contribution in [2.24, 2.45) is 0 Å². The van der Waals surface area contributed by atoms with E-state index in [9.17, 15) is 9.59 Å². The van der Waals surface area contributed by atoms with Crippen molar-refractivity contribution in [1.29, 1.82) is 0 Å². The second-order valence-corrected chi connectivity index (χ2v) is 8.54. The number of thioether (sulfide) groups is 1. The molecule has 0 unspecified atom stereocenters. The van der Waals surface area contributed by atoms with Gasteiger partial charge in [-0.25, -0.2) is 4.79 Å². The number of carbonyl (C=O) groups excluding carboxylic acids is 2. The predicted octanol–water partition coefficient (Wildman–Crippen LogP) is 3.07. The minimum absolute atomic E-state index is 0.0799. The average Bonchev–Trinajstić information content (AvgIpc) is 3.26. The Kier molecular flexibility index (Phi) is 5.88. The van der Waals surface area contributed by atoms with Crippen LogP contribution in [0.1, 0.15) is 26.3 Å². The van der Waals surface area contributed by atoms with Gasteiger partial charge in [0.1, 0.15) is 0 Å². The van der Waals surface area contributed by atoms with Crippen LogP contribution < -0.4 is 5.32 Å². The van der Waals surface area contributed by atoms with Gasteiger partial charge in [-0.3, -0.25) is 14.3 Å². The number of hydrogen-bond donors (Lipinski definition) is 1. The molecule has 1 aromatic heterocycles. The van der Waals surface area contributed by atoms with E-state index in [0.29, 0.717) is 24.8 Å². The van der Waals surface area contributed by atoms with Crippen LogP contribution in [0.5, 0.6) is 0 Å². The van der Waals surface area contributed by atoms with Crippen molar-refractivity contribution in [1.82, 2.24) is 25.0 Å². The fourth-order valence-electron chi connectivity index (χ4n) is 2.94. The summed E-state index contributed by atoms with van der Waals surface area (Å²) in [5.41, 5.74) is 2.28. The first-order valence-corrected chi connectivity index (χ1v) is 10.2. The normalized spacial score (nSPS) is 14.2. The second-order valence-electron chi connectivity index (χ2n) is 7.60. The third-order valence-corrected chi connectivity index (χ3v) is 5.47. The summed E-state index contributed by atoms with van der Waals surface area (Å²) in [5, 5.41) is 11.8. The summed E-state index contributed by atoms with van der Waals surface area (Å²) < 4.78 is 1.93. The molecule has 1 fully saturated rings. The molecular formula is C20H25N5O2S. The minimum atomic E-state index is -0.335. The Morgan fingerprint density at radius 2 is 2.00 bits per heavy atom. The van der Waals surface area contributed by atoms with Gasteiger partial charge < -0.3 is 5.32 Å². The number of benzene rings is 1. The fraction of sp³-hybridized carbons (Fsp3) is 0.400. The number of rotatable bonds is 6. The summed E-state index contributed by atoms with van der Waals surface area (Å²) in [7, 11) is 0. The SMILES string of the molecule is C=CCn1c(SCC(=O)N2CCNC2=O)nnc1-c1ccc(C(C)(C)C)cc1. The highest BCUT2D eigenvalue weighted by atomic mass is 32.2. The highest BCUT2D eigenvalue weighted by Gasteiger charge is 2.26. The molecule has 148 valence electrons. The molecule has 3 amide bonds. The van der Waals surface area contributed by atoms with E-state index in [1.165, 1.54) is 22.2 Å². The van der Waals surface area contributed by atoms with Crippen molar-refractivity contribution in [2.75, 3.05) is 18.8 Å². The Labute approximate surface area is 169 Å². The Bertz CT molecular complexity index is 883. The Hall–Kier alpha value is -2.61. The van der Waals surface area contributed by atoms with E-state index in [2.05, 4.69) is 55.0 Å².